The summed E-state index contributed by atoms with van der Waals surface area (Å²) < 4.78 is 18.1. The van der Waals surface area contributed by atoms with Crippen LogP contribution in [0.1, 0.15) is 12.0 Å². The number of hydrogen-bond donors (Lipinski definition) is 0. The van der Waals surface area contributed by atoms with Crippen LogP contribution in [0.25, 0.3) is 0 Å². The molecule has 0 aliphatic carbocycles. The van der Waals surface area contributed by atoms with Crippen molar-refractivity contribution in [2.75, 3.05) is 59.0 Å². The van der Waals surface area contributed by atoms with Crippen molar-refractivity contribution in [2.24, 2.45) is 0 Å². The molecule has 9 heteroatoms. The molecule has 212 valence electrons. The monoisotopic (exact) mass is 565 g/mol. The van der Waals surface area contributed by atoms with E-state index in [1.807, 2.05) is 73.6 Å². The lowest BCUT2D eigenvalue weighted by atomic mass is 9.96. The van der Waals surface area contributed by atoms with Gasteiger partial charge in [-0.3, -0.25) is 9.59 Å². The third kappa shape index (κ3) is 8.13. The number of carbonyl (C=O) groups excluding carboxylic acids is 2. The number of ether oxygens (including phenoxy) is 3. The number of anilines is 1. The van der Waals surface area contributed by atoms with Crippen LogP contribution in [0.2, 0.25) is 5.02 Å². The lowest BCUT2D eigenvalue weighted by Gasteiger charge is -2.42. The number of hydrogen-bond acceptors (Lipinski definition) is 6. The van der Waals surface area contributed by atoms with E-state index in [4.69, 9.17) is 25.8 Å². The van der Waals surface area contributed by atoms with Gasteiger partial charge >= 0.3 is 0 Å². The molecule has 8 nitrogen and oxygen atoms in total. The maximum Gasteiger partial charge on any atom is 0.260 e. The molecular weight excluding hydrogens is 530 g/mol. The summed E-state index contributed by atoms with van der Waals surface area (Å²) in [5.41, 5.74) is 0.981. The first-order chi connectivity index (χ1) is 19.2. The van der Waals surface area contributed by atoms with E-state index in [9.17, 15) is 9.59 Å². The molecule has 0 N–H and O–H groups in total. The van der Waals surface area contributed by atoms with Crippen LogP contribution in [-0.4, -0.2) is 81.3 Å². The standard InChI is InChI=1S/C31H36ClN3O5/c1-33(2)26-10-7-11-28(18-26)38-21-30(37)35-16-17-40-31(22-35,23-39-27-14-12-25(32)13-15-27)19-29(36)34(3)20-24-8-5-4-6-9-24/h4-15,18H,16-17,19-23H2,1-3H3/t31-/m1/s1. The number of rotatable bonds is 11. The Bertz CT molecular complexity index is 1270. The number of carbonyl (C=O) groups is 2. The summed E-state index contributed by atoms with van der Waals surface area (Å²) in [5, 5.41) is 0.599. The molecule has 1 saturated heterocycles. The third-order valence-corrected chi connectivity index (χ3v) is 7.03. The van der Waals surface area contributed by atoms with Crippen LogP contribution in [0, 0.1) is 0 Å². The van der Waals surface area contributed by atoms with E-state index in [0.717, 1.165) is 11.3 Å². The van der Waals surface area contributed by atoms with E-state index in [-0.39, 0.29) is 44.6 Å². The number of nitrogens with zero attached hydrogens (tertiary/aromatic N) is 3. The van der Waals surface area contributed by atoms with Gasteiger partial charge in [0.2, 0.25) is 5.91 Å². The van der Waals surface area contributed by atoms with Crippen molar-refractivity contribution >= 4 is 29.1 Å². The van der Waals surface area contributed by atoms with Gasteiger partial charge in [-0.25, -0.2) is 0 Å². The maximum atomic E-state index is 13.4. The Morgan fingerprint density at radius 3 is 2.42 bits per heavy atom. The van der Waals surface area contributed by atoms with Gasteiger partial charge < -0.3 is 28.9 Å². The number of morpholine rings is 1. The van der Waals surface area contributed by atoms with Crippen LogP contribution in [0.4, 0.5) is 5.69 Å². The first kappa shape index (κ1) is 29.2. The zero-order chi connectivity index (χ0) is 28.5. The van der Waals surface area contributed by atoms with Crippen LogP contribution < -0.4 is 14.4 Å². The molecule has 0 radical (unpaired) electrons. The highest BCUT2D eigenvalue weighted by atomic mass is 35.5. The van der Waals surface area contributed by atoms with Gasteiger partial charge in [0.1, 0.15) is 23.7 Å². The van der Waals surface area contributed by atoms with Crippen molar-refractivity contribution in [2.45, 2.75) is 18.6 Å². The van der Waals surface area contributed by atoms with Crippen molar-refractivity contribution in [3.63, 3.8) is 0 Å². The zero-order valence-corrected chi connectivity index (χ0v) is 24.0. The summed E-state index contributed by atoms with van der Waals surface area (Å²) >= 11 is 6.02. The number of amides is 2. The largest absolute Gasteiger partial charge is 0.490 e. The second kappa shape index (κ2) is 13.5. The molecule has 4 rings (SSSR count). The van der Waals surface area contributed by atoms with Crippen LogP contribution in [0.5, 0.6) is 11.5 Å². The third-order valence-electron chi connectivity index (χ3n) is 6.77. The van der Waals surface area contributed by atoms with Crippen molar-refractivity contribution in [3.8, 4) is 11.5 Å². The molecule has 40 heavy (non-hydrogen) atoms. The lowest BCUT2D eigenvalue weighted by molar-refractivity contribution is -0.166. The quantitative estimate of drug-likeness (QED) is 0.341. The molecule has 0 saturated carbocycles. The molecule has 2 amide bonds. The number of benzene rings is 3. The average molecular weight is 566 g/mol. The van der Waals surface area contributed by atoms with Gasteiger partial charge in [0, 0.05) is 51.0 Å². The van der Waals surface area contributed by atoms with Gasteiger partial charge in [-0.15, -0.1) is 0 Å². The Morgan fingerprint density at radius 2 is 1.70 bits per heavy atom. The second-order valence-electron chi connectivity index (χ2n) is 10.2. The summed E-state index contributed by atoms with van der Waals surface area (Å²) in [7, 11) is 5.66. The fourth-order valence-corrected chi connectivity index (χ4v) is 4.62. The molecule has 3 aromatic carbocycles. The molecule has 1 aliphatic heterocycles. The molecule has 0 aromatic heterocycles. The Labute approximate surface area is 241 Å². The van der Waals surface area contributed by atoms with Crippen LogP contribution in [0.3, 0.4) is 0 Å². The van der Waals surface area contributed by atoms with E-state index < -0.39 is 5.60 Å². The van der Waals surface area contributed by atoms with E-state index in [0.29, 0.717) is 29.6 Å². The highest BCUT2D eigenvalue weighted by Crippen LogP contribution is 2.27. The molecule has 3 aromatic rings. The summed E-state index contributed by atoms with van der Waals surface area (Å²) in [5.74, 6) is 0.932. The topological polar surface area (TPSA) is 71.5 Å². The van der Waals surface area contributed by atoms with Crippen molar-refractivity contribution in [1.82, 2.24) is 9.80 Å². The summed E-state index contributed by atoms with van der Waals surface area (Å²) in [6.07, 6.45) is 0.0550. The van der Waals surface area contributed by atoms with Gasteiger partial charge in [0.05, 0.1) is 19.6 Å². The Morgan fingerprint density at radius 1 is 0.950 bits per heavy atom. The molecular formula is C31H36ClN3O5. The average Bonchev–Trinajstić information content (AvgIpc) is 2.96. The smallest absolute Gasteiger partial charge is 0.260 e. The van der Waals surface area contributed by atoms with Gasteiger partial charge in [0.25, 0.3) is 5.91 Å². The maximum absolute atomic E-state index is 13.4. The molecule has 0 bridgehead atoms. The van der Waals surface area contributed by atoms with Crippen LogP contribution >= 0.6 is 11.6 Å². The number of halogens is 1. The minimum absolute atomic E-state index is 0.0550. The molecule has 1 heterocycles. The zero-order valence-electron chi connectivity index (χ0n) is 23.2. The fraction of sp³-hybridized carbons (Fsp3) is 0.355. The van der Waals surface area contributed by atoms with E-state index in [2.05, 4.69) is 0 Å². The minimum atomic E-state index is -1.03. The first-order valence-electron chi connectivity index (χ1n) is 13.2. The van der Waals surface area contributed by atoms with E-state index >= 15 is 0 Å². The highest BCUT2D eigenvalue weighted by Gasteiger charge is 2.42. The molecule has 1 fully saturated rings. The Kier molecular flexibility index (Phi) is 9.90. The predicted molar refractivity (Wildman–Crippen MR) is 156 cm³/mol. The van der Waals surface area contributed by atoms with Crippen molar-refractivity contribution in [3.05, 3.63) is 89.4 Å². The minimum Gasteiger partial charge on any atom is -0.490 e. The molecule has 1 atom stereocenters. The molecule has 0 unspecified atom stereocenters. The Hall–Kier alpha value is -3.75. The van der Waals surface area contributed by atoms with Crippen LogP contribution in [0.15, 0.2) is 78.9 Å². The predicted octanol–water partition coefficient (Wildman–Crippen LogP) is 4.51. The highest BCUT2D eigenvalue weighted by molar-refractivity contribution is 6.30. The van der Waals surface area contributed by atoms with Crippen molar-refractivity contribution in [1.29, 1.82) is 0 Å². The van der Waals surface area contributed by atoms with Crippen molar-refractivity contribution < 1.29 is 23.8 Å². The van der Waals surface area contributed by atoms with Crippen LogP contribution in [-0.2, 0) is 20.9 Å². The first-order valence-corrected chi connectivity index (χ1v) is 13.6. The lowest BCUT2D eigenvalue weighted by Crippen LogP contribution is -2.58. The van der Waals surface area contributed by atoms with E-state index in [1.54, 1.807) is 41.1 Å². The molecule has 1 aliphatic rings. The normalized spacial score (nSPS) is 16.8. The van der Waals surface area contributed by atoms with E-state index in [1.165, 1.54) is 0 Å². The van der Waals surface area contributed by atoms with Gasteiger partial charge in [0.15, 0.2) is 6.61 Å². The summed E-state index contributed by atoms with van der Waals surface area (Å²) in [6.45, 7) is 1.32. The van der Waals surface area contributed by atoms with Gasteiger partial charge in [-0.05, 0) is 42.0 Å². The molecule has 0 spiro atoms. The van der Waals surface area contributed by atoms with Gasteiger partial charge in [-0.1, -0.05) is 48.0 Å². The van der Waals surface area contributed by atoms with Gasteiger partial charge in [-0.2, -0.15) is 0 Å². The second-order valence-corrected chi connectivity index (χ2v) is 10.6. The Balaban J connectivity index is 1.45. The fourth-order valence-electron chi connectivity index (χ4n) is 4.49. The SMILES string of the molecule is CN(Cc1ccccc1)C(=O)C[C@]1(COc2ccc(Cl)cc2)CN(C(=O)COc2cccc(N(C)C)c2)CCO1. The summed E-state index contributed by atoms with van der Waals surface area (Å²) in [4.78, 5) is 32.0. The summed E-state index contributed by atoms with van der Waals surface area (Å²) in [6, 6.07) is 24.4.